The third-order valence-corrected chi connectivity index (χ3v) is 16.7. The molecule has 8 saturated carbocycles. The molecule has 0 amide bonds. The topological polar surface area (TPSA) is 55.8 Å². The minimum Gasteiger partial charge on any atom is -0.496 e. The highest BCUT2D eigenvalue weighted by molar-refractivity contribution is 9.10. The van der Waals surface area contributed by atoms with Crippen molar-refractivity contribution in [2.45, 2.75) is 87.9 Å². The average molecular weight is 860 g/mol. The first-order chi connectivity index (χ1) is 29.1. The summed E-state index contributed by atoms with van der Waals surface area (Å²) in [7, 11) is 3.64. The van der Waals surface area contributed by atoms with Gasteiger partial charge in [0.15, 0.2) is 0 Å². The molecule has 5 heteroatoms. The molecule has 60 heavy (non-hydrogen) atoms. The van der Waals surface area contributed by atoms with Crippen LogP contribution in [-0.2, 0) is 10.8 Å². The van der Waals surface area contributed by atoms with Gasteiger partial charge in [-0.15, -0.1) is 0 Å². The second kappa shape index (κ2) is 14.8. The van der Waals surface area contributed by atoms with Gasteiger partial charge in [-0.05, 0) is 228 Å². The van der Waals surface area contributed by atoms with Gasteiger partial charge in [0, 0.05) is 15.6 Å². The molecule has 8 aliphatic carbocycles. The smallest absolute Gasteiger partial charge is 0.335 e. The predicted octanol–water partition coefficient (Wildman–Crippen LogP) is 14.4. The van der Waals surface area contributed by atoms with Crippen LogP contribution in [0.3, 0.4) is 0 Å². The maximum atomic E-state index is 11.3. The largest absolute Gasteiger partial charge is 0.496 e. The maximum absolute atomic E-state index is 11.3. The van der Waals surface area contributed by atoms with Crippen LogP contribution in [0.15, 0.2) is 114 Å². The van der Waals surface area contributed by atoms with E-state index >= 15 is 0 Å². The molecule has 6 aromatic carbocycles. The second-order valence-electron chi connectivity index (χ2n) is 20.0. The summed E-state index contributed by atoms with van der Waals surface area (Å²) in [5, 5.41) is 13.8. The first kappa shape index (κ1) is 38.3. The molecule has 8 aliphatic rings. The Hall–Kier alpha value is -4.61. The molecular weight excluding hydrogens is 805 g/mol. The van der Waals surface area contributed by atoms with Crippen molar-refractivity contribution in [1.82, 2.24) is 0 Å². The molecular formula is C55H55BrO4. The van der Waals surface area contributed by atoms with E-state index in [2.05, 4.69) is 101 Å². The molecule has 14 rings (SSSR count). The molecule has 0 heterocycles. The fourth-order valence-electron chi connectivity index (χ4n) is 14.4. The van der Waals surface area contributed by atoms with Gasteiger partial charge in [0.2, 0.25) is 0 Å². The number of hydrogen-bond acceptors (Lipinski definition) is 3. The fourth-order valence-corrected chi connectivity index (χ4v) is 14.8. The summed E-state index contributed by atoms with van der Waals surface area (Å²) in [5.41, 5.74) is 8.85. The van der Waals surface area contributed by atoms with E-state index in [0.717, 1.165) is 62.3 Å². The van der Waals surface area contributed by atoms with Crippen molar-refractivity contribution >= 4 is 43.4 Å². The summed E-state index contributed by atoms with van der Waals surface area (Å²) in [6.07, 6.45) is 16.8. The Balaban J connectivity index is 0.000000136. The molecule has 0 unspecified atom stereocenters. The van der Waals surface area contributed by atoms with Gasteiger partial charge in [0.1, 0.15) is 11.5 Å². The first-order valence-electron chi connectivity index (χ1n) is 22.5. The van der Waals surface area contributed by atoms with Gasteiger partial charge >= 0.3 is 5.97 Å². The molecule has 0 atom stereocenters. The van der Waals surface area contributed by atoms with Crippen molar-refractivity contribution in [3.8, 4) is 33.8 Å². The number of methoxy groups -OCH3 is 2. The molecule has 8 fully saturated rings. The van der Waals surface area contributed by atoms with Crippen LogP contribution in [-0.4, -0.2) is 25.3 Å². The van der Waals surface area contributed by atoms with Crippen molar-refractivity contribution in [3.05, 3.63) is 130 Å². The van der Waals surface area contributed by atoms with Crippen LogP contribution in [0.2, 0.25) is 0 Å². The predicted molar refractivity (Wildman–Crippen MR) is 246 cm³/mol. The van der Waals surface area contributed by atoms with Gasteiger partial charge < -0.3 is 14.6 Å². The zero-order chi connectivity index (χ0) is 40.8. The number of carboxylic acids is 1. The summed E-state index contributed by atoms with van der Waals surface area (Å²) in [6.45, 7) is 0. The van der Waals surface area contributed by atoms with Crippen molar-refractivity contribution in [1.29, 1.82) is 0 Å². The summed E-state index contributed by atoms with van der Waals surface area (Å²) >= 11 is 3.58. The zero-order valence-corrected chi connectivity index (χ0v) is 36.5. The highest BCUT2D eigenvalue weighted by atomic mass is 79.9. The summed E-state index contributed by atoms with van der Waals surface area (Å²) < 4.78 is 12.9. The van der Waals surface area contributed by atoms with Gasteiger partial charge in [-0.1, -0.05) is 64.5 Å². The van der Waals surface area contributed by atoms with E-state index in [1.165, 1.54) is 121 Å². The van der Waals surface area contributed by atoms with E-state index in [0.29, 0.717) is 11.0 Å². The van der Waals surface area contributed by atoms with Gasteiger partial charge in [-0.3, -0.25) is 0 Å². The molecule has 0 aliphatic heterocycles. The number of carboxylic acid groups (broad SMARTS) is 1. The summed E-state index contributed by atoms with van der Waals surface area (Å²) in [6, 6.07) is 38.6. The highest BCUT2D eigenvalue weighted by Crippen LogP contribution is 2.63. The van der Waals surface area contributed by atoms with E-state index in [1.54, 1.807) is 19.2 Å². The molecule has 0 saturated heterocycles. The molecule has 0 aromatic heterocycles. The number of aromatic carboxylic acids is 1. The maximum Gasteiger partial charge on any atom is 0.335 e. The lowest BCUT2D eigenvalue weighted by Gasteiger charge is -2.57. The summed E-state index contributed by atoms with van der Waals surface area (Å²) in [5.74, 6) is 6.74. The molecule has 1 N–H and O–H groups in total. The molecule has 8 bridgehead atoms. The van der Waals surface area contributed by atoms with Gasteiger partial charge in [0.05, 0.1) is 19.8 Å². The van der Waals surface area contributed by atoms with E-state index in [4.69, 9.17) is 9.47 Å². The number of rotatable bonds is 7. The normalized spacial score (nSPS) is 29.4. The Bertz CT molecular complexity index is 2590. The molecule has 6 aromatic rings. The Morgan fingerprint density at radius 3 is 1.25 bits per heavy atom. The van der Waals surface area contributed by atoms with Crippen LogP contribution >= 0.6 is 15.9 Å². The number of ether oxygens (including phenoxy) is 2. The van der Waals surface area contributed by atoms with Crippen LogP contribution < -0.4 is 9.47 Å². The summed E-state index contributed by atoms with van der Waals surface area (Å²) in [4.78, 5) is 11.3. The Morgan fingerprint density at radius 1 is 0.483 bits per heavy atom. The van der Waals surface area contributed by atoms with Crippen molar-refractivity contribution in [2.24, 2.45) is 35.5 Å². The number of carbonyl (C=O) groups is 1. The lowest BCUT2D eigenvalue weighted by Crippen LogP contribution is -2.48. The monoisotopic (exact) mass is 858 g/mol. The molecule has 306 valence electrons. The van der Waals surface area contributed by atoms with Crippen LogP contribution in [0.1, 0.15) is 98.5 Å². The third kappa shape index (κ3) is 6.75. The van der Waals surface area contributed by atoms with E-state index in [9.17, 15) is 9.90 Å². The highest BCUT2D eigenvalue weighted by Gasteiger charge is 2.54. The number of hydrogen-bond donors (Lipinski definition) is 1. The fraction of sp³-hybridized carbons (Fsp3) is 0.400. The zero-order valence-electron chi connectivity index (χ0n) is 34.9. The Kier molecular flexibility index (Phi) is 9.45. The molecule has 0 spiro atoms. The Morgan fingerprint density at radius 2 is 0.833 bits per heavy atom. The number of halogens is 1. The van der Waals surface area contributed by atoms with Crippen molar-refractivity contribution < 1.29 is 19.4 Å². The van der Waals surface area contributed by atoms with Crippen molar-refractivity contribution in [3.63, 3.8) is 0 Å². The lowest BCUT2D eigenvalue weighted by molar-refractivity contribution is -0.00627. The third-order valence-electron chi connectivity index (χ3n) is 16.2. The SMILES string of the molecule is COc1ccc(-c2ccc3cc(Br)ccc3c2)cc1C12CC3CC(CC(C3)C1)C2.COc1ccc(-c2ccc3cc(C(=O)O)ccc3c2)cc1C12CC3CC(CC(C3)C1)C2. The lowest BCUT2D eigenvalue weighted by atomic mass is 9.48. The van der Waals surface area contributed by atoms with E-state index in [-0.39, 0.29) is 5.41 Å². The second-order valence-corrected chi connectivity index (χ2v) is 20.9. The van der Waals surface area contributed by atoms with Crippen LogP contribution in [0.4, 0.5) is 0 Å². The van der Waals surface area contributed by atoms with Crippen LogP contribution in [0.5, 0.6) is 11.5 Å². The molecule has 4 nitrogen and oxygen atoms in total. The van der Waals surface area contributed by atoms with Gasteiger partial charge in [-0.25, -0.2) is 4.79 Å². The first-order valence-corrected chi connectivity index (χ1v) is 23.3. The van der Waals surface area contributed by atoms with Crippen LogP contribution in [0, 0.1) is 35.5 Å². The average Bonchev–Trinajstić information content (AvgIpc) is 3.24. The van der Waals surface area contributed by atoms with Gasteiger partial charge in [0.25, 0.3) is 0 Å². The number of benzene rings is 6. The van der Waals surface area contributed by atoms with E-state index in [1.807, 2.05) is 19.2 Å². The Labute approximate surface area is 362 Å². The quantitative estimate of drug-likeness (QED) is 0.174. The van der Waals surface area contributed by atoms with Crippen LogP contribution in [0.25, 0.3) is 43.8 Å². The molecule has 0 radical (unpaired) electrons. The standard InChI is InChI=1S/C28H28O3.C27H27BrO/c1-31-26-7-6-23(21-2-3-22-12-24(27(29)30)5-4-20(22)11-21)13-25(26)28-14-17-8-18(15-28)10-19(9-17)16-28;1-29-26-7-5-23(20-2-3-22-12-24(28)6-4-21(22)11-20)13-25(26)27-14-17-8-18(15-27)10-19(9-17)16-27/h2-7,11-13,17-19H,8-10,14-16H2,1H3,(H,29,30);2-7,11-13,17-19H,8-10,14-16H2,1H3. The number of fused-ring (bicyclic) bond motifs is 2. The minimum absolute atomic E-state index is 0.281. The minimum atomic E-state index is -0.888. The van der Waals surface area contributed by atoms with Crippen molar-refractivity contribution in [2.75, 3.05) is 14.2 Å². The van der Waals surface area contributed by atoms with Gasteiger partial charge in [-0.2, -0.15) is 0 Å². The van der Waals surface area contributed by atoms with E-state index < -0.39 is 5.97 Å².